The summed E-state index contributed by atoms with van der Waals surface area (Å²) in [5.74, 6) is 0.845. The highest BCUT2D eigenvalue weighted by molar-refractivity contribution is 5.82. The van der Waals surface area contributed by atoms with Crippen LogP contribution in [0.4, 0.5) is 0 Å². The number of carbonyl (C=O) groups is 1. The zero-order valence-corrected chi connectivity index (χ0v) is 15.7. The topological polar surface area (TPSA) is 56.4 Å². The minimum Gasteiger partial charge on any atom is -0.353 e. The maximum atomic E-state index is 12.7. The van der Waals surface area contributed by atoms with Crippen LogP contribution in [0.5, 0.6) is 0 Å². The third-order valence-corrected chi connectivity index (χ3v) is 5.75. The maximum Gasteiger partial charge on any atom is 0.238 e. The zero-order valence-electron chi connectivity index (χ0n) is 15.7. The number of nitrogens with one attached hydrogen (secondary N) is 3. The Morgan fingerprint density at radius 1 is 1.20 bits per heavy atom. The number of nitrogens with zero attached hydrogens (tertiary/aromatic N) is 1. The summed E-state index contributed by atoms with van der Waals surface area (Å²) in [6.07, 6.45) is 2.56. The Balaban J connectivity index is 1.56. The summed E-state index contributed by atoms with van der Waals surface area (Å²) in [6.45, 7) is 9.69. The molecule has 0 spiro atoms. The van der Waals surface area contributed by atoms with Gasteiger partial charge in [-0.15, -0.1) is 0 Å². The fraction of sp³-hybridized carbons (Fsp3) is 0.650. The Morgan fingerprint density at radius 2 is 1.88 bits per heavy atom. The Kier molecular flexibility index (Phi) is 6.10. The molecule has 2 heterocycles. The lowest BCUT2D eigenvalue weighted by Crippen LogP contribution is -2.51. The van der Waals surface area contributed by atoms with Crippen LogP contribution < -0.4 is 16.2 Å². The maximum absolute atomic E-state index is 12.7. The minimum absolute atomic E-state index is 0.100. The van der Waals surface area contributed by atoms with Crippen LogP contribution >= 0.6 is 0 Å². The normalized spacial score (nSPS) is 28.4. The molecule has 2 aliphatic heterocycles. The van der Waals surface area contributed by atoms with E-state index in [4.69, 9.17) is 0 Å². The van der Waals surface area contributed by atoms with Crippen molar-refractivity contribution in [3.05, 3.63) is 35.9 Å². The third-order valence-electron chi connectivity index (χ3n) is 5.75. The number of hydrogen-bond donors (Lipinski definition) is 3. The first kappa shape index (κ1) is 18.4. The summed E-state index contributed by atoms with van der Waals surface area (Å²) in [7, 11) is 0. The summed E-state index contributed by atoms with van der Waals surface area (Å²) in [6, 6.07) is 10.7. The minimum atomic E-state index is -0.198. The molecule has 5 nitrogen and oxygen atoms in total. The van der Waals surface area contributed by atoms with Gasteiger partial charge in [0.05, 0.1) is 6.04 Å². The van der Waals surface area contributed by atoms with Gasteiger partial charge in [0.15, 0.2) is 0 Å². The number of hydrazine groups is 1. The highest BCUT2D eigenvalue weighted by atomic mass is 16.2. The summed E-state index contributed by atoms with van der Waals surface area (Å²) < 4.78 is 0. The molecule has 2 fully saturated rings. The number of carbonyl (C=O) groups excluding carboxylic acids is 1. The highest BCUT2D eigenvalue weighted by Crippen LogP contribution is 2.28. The number of hydrogen-bond acceptors (Lipinski definition) is 4. The molecule has 3 N–H and O–H groups in total. The summed E-state index contributed by atoms with van der Waals surface area (Å²) in [4.78, 5) is 15.3. The third kappa shape index (κ3) is 4.22. The lowest BCUT2D eigenvalue weighted by Gasteiger charge is -2.31. The first-order valence-electron chi connectivity index (χ1n) is 9.65. The van der Waals surface area contributed by atoms with Crippen molar-refractivity contribution >= 4 is 5.91 Å². The van der Waals surface area contributed by atoms with E-state index in [1.165, 1.54) is 18.4 Å². The number of benzene rings is 1. The fourth-order valence-corrected chi connectivity index (χ4v) is 4.16. The quantitative estimate of drug-likeness (QED) is 0.740. The van der Waals surface area contributed by atoms with E-state index < -0.39 is 0 Å². The van der Waals surface area contributed by atoms with E-state index in [1.54, 1.807) is 0 Å². The molecule has 1 aromatic rings. The molecule has 3 rings (SSSR count). The molecule has 25 heavy (non-hydrogen) atoms. The molecule has 1 aromatic carbocycles. The number of likely N-dealkylation sites (tertiary alicyclic amines) is 1. The molecule has 0 saturated carbocycles. The molecule has 0 bridgehead atoms. The van der Waals surface area contributed by atoms with E-state index in [1.807, 2.05) is 18.2 Å². The van der Waals surface area contributed by atoms with Gasteiger partial charge in [-0.05, 0) is 37.4 Å². The van der Waals surface area contributed by atoms with Gasteiger partial charge in [0.25, 0.3) is 0 Å². The van der Waals surface area contributed by atoms with E-state index in [-0.39, 0.29) is 23.9 Å². The molecule has 4 unspecified atom stereocenters. The Bertz CT molecular complexity index is 556. The number of amides is 1. The average Bonchev–Trinajstić information content (AvgIpc) is 3.25. The summed E-state index contributed by atoms with van der Waals surface area (Å²) in [5.41, 5.74) is 7.72. The van der Waals surface area contributed by atoms with Crippen LogP contribution in [0.15, 0.2) is 30.3 Å². The van der Waals surface area contributed by atoms with Gasteiger partial charge < -0.3 is 5.32 Å². The van der Waals surface area contributed by atoms with Gasteiger partial charge in [-0.1, -0.05) is 51.1 Å². The van der Waals surface area contributed by atoms with Crippen molar-refractivity contribution in [3.8, 4) is 0 Å². The smallest absolute Gasteiger partial charge is 0.238 e. The average molecular weight is 345 g/mol. The van der Waals surface area contributed by atoms with E-state index in [9.17, 15) is 4.79 Å². The molecule has 2 aliphatic rings. The van der Waals surface area contributed by atoms with Gasteiger partial charge in [0, 0.05) is 18.5 Å². The summed E-state index contributed by atoms with van der Waals surface area (Å²) >= 11 is 0. The lowest BCUT2D eigenvalue weighted by molar-refractivity contribution is -0.124. The van der Waals surface area contributed by atoms with Crippen molar-refractivity contribution in [1.29, 1.82) is 0 Å². The second kappa shape index (κ2) is 8.30. The summed E-state index contributed by atoms with van der Waals surface area (Å²) in [5, 5.41) is 3.20. The van der Waals surface area contributed by atoms with E-state index in [2.05, 4.69) is 54.0 Å². The monoisotopic (exact) mass is 344 g/mol. The molecule has 2 saturated heterocycles. The number of rotatable bonds is 6. The molecule has 5 heteroatoms. The van der Waals surface area contributed by atoms with E-state index in [0.717, 1.165) is 19.6 Å². The molecule has 4 atom stereocenters. The van der Waals surface area contributed by atoms with E-state index >= 15 is 0 Å². The first-order chi connectivity index (χ1) is 12.1. The van der Waals surface area contributed by atoms with E-state index in [0.29, 0.717) is 12.0 Å². The highest BCUT2D eigenvalue weighted by Gasteiger charge is 2.38. The van der Waals surface area contributed by atoms with Gasteiger partial charge in [-0.25, -0.2) is 10.9 Å². The lowest BCUT2D eigenvalue weighted by atomic mass is 9.91. The van der Waals surface area contributed by atoms with Crippen LogP contribution in [-0.4, -0.2) is 42.5 Å². The first-order valence-corrected chi connectivity index (χ1v) is 9.65. The van der Waals surface area contributed by atoms with Crippen LogP contribution in [0, 0.1) is 11.8 Å². The molecule has 0 radical (unpaired) electrons. The van der Waals surface area contributed by atoms with Crippen LogP contribution in [0.25, 0.3) is 0 Å². The molecule has 0 aromatic heterocycles. The van der Waals surface area contributed by atoms with Gasteiger partial charge in [0.2, 0.25) is 5.91 Å². The Hall–Kier alpha value is -1.43. The Morgan fingerprint density at radius 3 is 2.52 bits per heavy atom. The standard InChI is InChI=1S/C20H32N4O/c1-14(2)17(24-11-7-8-12-24)13-21-20(25)19-15(3)18(22-23-19)16-9-5-4-6-10-16/h4-6,9-10,14-15,17-19,22-23H,7-8,11-13H2,1-3H3,(H,21,25). The second-order valence-electron chi connectivity index (χ2n) is 7.81. The van der Waals surface area contributed by atoms with Crippen molar-refractivity contribution < 1.29 is 4.79 Å². The predicted octanol–water partition coefficient (Wildman–Crippen LogP) is 2.08. The second-order valence-corrected chi connectivity index (χ2v) is 7.81. The van der Waals surface area contributed by atoms with Gasteiger partial charge >= 0.3 is 0 Å². The molecule has 0 aliphatic carbocycles. The fourth-order valence-electron chi connectivity index (χ4n) is 4.16. The van der Waals surface area contributed by atoms with Crippen molar-refractivity contribution in [1.82, 2.24) is 21.1 Å². The van der Waals surface area contributed by atoms with Crippen molar-refractivity contribution in [3.63, 3.8) is 0 Å². The zero-order chi connectivity index (χ0) is 17.8. The van der Waals surface area contributed by atoms with Crippen LogP contribution in [0.3, 0.4) is 0 Å². The van der Waals surface area contributed by atoms with Gasteiger partial charge in [0.1, 0.15) is 6.04 Å². The van der Waals surface area contributed by atoms with Crippen molar-refractivity contribution in [2.24, 2.45) is 11.8 Å². The van der Waals surface area contributed by atoms with Gasteiger partial charge in [-0.2, -0.15) is 0 Å². The predicted molar refractivity (Wildman–Crippen MR) is 101 cm³/mol. The molecular weight excluding hydrogens is 312 g/mol. The SMILES string of the molecule is CC(C)C(CNC(=O)C1NNC(c2ccccc2)C1C)N1CCCC1. The molecular formula is C20H32N4O. The van der Waals surface area contributed by atoms with Crippen molar-refractivity contribution in [2.45, 2.75) is 51.7 Å². The van der Waals surface area contributed by atoms with Crippen LogP contribution in [-0.2, 0) is 4.79 Å². The van der Waals surface area contributed by atoms with Crippen LogP contribution in [0.1, 0.15) is 45.2 Å². The van der Waals surface area contributed by atoms with Gasteiger partial charge in [-0.3, -0.25) is 9.69 Å². The molecule has 138 valence electrons. The Labute approximate surface area is 151 Å². The van der Waals surface area contributed by atoms with Crippen LogP contribution in [0.2, 0.25) is 0 Å². The van der Waals surface area contributed by atoms with Crippen molar-refractivity contribution in [2.75, 3.05) is 19.6 Å². The largest absolute Gasteiger partial charge is 0.353 e. The molecule has 1 amide bonds.